The fourth-order valence-corrected chi connectivity index (χ4v) is 4.05. The summed E-state index contributed by atoms with van der Waals surface area (Å²) in [6.45, 7) is 0. The van der Waals surface area contributed by atoms with Gasteiger partial charge in [-0.25, -0.2) is 0 Å². The molecule has 1 fully saturated rings. The number of aliphatic carboxylic acids is 1. The highest BCUT2D eigenvalue weighted by Crippen LogP contribution is 2.45. The molecular formula is C17H24BNO4. The lowest BCUT2D eigenvalue weighted by atomic mass is 9.72. The standard InChI is InChI=1S/C17H24BNO4/c19-17(6-2-7-17)13-5-4-11-9-12(3-1-8-18(22)23)15(16(20)21)14(11)10-13/h4-5,10,12,15,22-23H,1-3,6-9,19H2,(H,20,21)/t12-,15?/m0/s1. The van der Waals surface area contributed by atoms with Gasteiger partial charge in [-0.15, -0.1) is 0 Å². The maximum atomic E-state index is 11.8. The van der Waals surface area contributed by atoms with Crippen LogP contribution in [0.4, 0.5) is 0 Å². The molecule has 0 aromatic heterocycles. The SMILES string of the molecule is NC1(c2ccc3c(c2)C(C(=O)O)[C@@H](CCCB(O)O)C3)CCC1. The molecule has 0 saturated heterocycles. The number of carboxylic acid groups (broad SMARTS) is 1. The van der Waals surface area contributed by atoms with E-state index >= 15 is 0 Å². The van der Waals surface area contributed by atoms with Gasteiger partial charge >= 0.3 is 13.1 Å². The van der Waals surface area contributed by atoms with Gasteiger partial charge in [0.15, 0.2) is 0 Å². The largest absolute Gasteiger partial charge is 0.481 e. The second-order valence-electron chi connectivity index (χ2n) is 7.11. The molecular weight excluding hydrogens is 293 g/mol. The Bertz CT molecular complexity index is 600. The van der Waals surface area contributed by atoms with Crippen molar-refractivity contribution in [2.24, 2.45) is 11.7 Å². The van der Waals surface area contributed by atoms with E-state index in [0.29, 0.717) is 12.8 Å². The van der Waals surface area contributed by atoms with Crippen molar-refractivity contribution in [2.45, 2.75) is 56.3 Å². The Hall–Kier alpha value is -1.37. The van der Waals surface area contributed by atoms with Gasteiger partial charge in [0.25, 0.3) is 0 Å². The topological polar surface area (TPSA) is 104 Å². The highest BCUT2D eigenvalue weighted by atomic mass is 16.4. The van der Waals surface area contributed by atoms with Gasteiger partial charge in [-0.1, -0.05) is 24.6 Å². The minimum Gasteiger partial charge on any atom is -0.481 e. The fourth-order valence-electron chi connectivity index (χ4n) is 4.05. The summed E-state index contributed by atoms with van der Waals surface area (Å²) in [6, 6.07) is 6.10. The Morgan fingerprint density at radius 2 is 2.09 bits per heavy atom. The van der Waals surface area contributed by atoms with Crippen LogP contribution in [0.25, 0.3) is 0 Å². The first-order valence-corrected chi connectivity index (χ1v) is 8.42. The molecule has 0 bridgehead atoms. The molecule has 1 aromatic rings. The summed E-state index contributed by atoms with van der Waals surface area (Å²) >= 11 is 0. The van der Waals surface area contributed by atoms with E-state index in [9.17, 15) is 9.90 Å². The number of benzene rings is 1. The lowest BCUT2D eigenvalue weighted by Crippen LogP contribution is -2.43. The molecule has 1 saturated carbocycles. The van der Waals surface area contributed by atoms with Crippen LogP contribution in [0.2, 0.25) is 6.32 Å². The molecule has 6 heteroatoms. The molecule has 3 rings (SSSR count). The van der Waals surface area contributed by atoms with Gasteiger partial charge in [0.05, 0.1) is 5.92 Å². The molecule has 1 unspecified atom stereocenters. The zero-order valence-corrected chi connectivity index (χ0v) is 13.2. The van der Waals surface area contributed by atoms with Gasteiger partial charge in [0.1, 0.15) is 0 Å². The second-order valence-corrected chi connectivity index (χ2v) is 7.11. The smallest absolute Gasteiger partial charge is 0.451 e. The van der Waals surface area contributed by atoms with E-state index in [4.69, 9.17) is 15.8 Å². The number of rotatable bonds is 6. The molecule has 1 aromatic carbocycles. The Morgan fingerprint density at radius 1 is 1.35 bits per heavy atom. The second kappa shape index (κ2) is 6.26. The zero-order valence-electron chi connectivity index (χ0n) is 13.2. The van der Waals surface area contributed by atoms with Crippen LogP contribution in [-0.2, 0) is 16.8 Å². The molecule has 0 aliphatic heterocycles. The predicted octanol–water partition coefficient (Wildman–Crippen LogP) is 1.62. The number of fused-ring (bicyclic) bond motifs is 1. The third-order valence-corrected chi connectivity index (χ3v) is 5.56. The predicted molar refractivity (Wildman–Crippen MR) is 88.0 cm³/mol. The third kappa shape index (κ3) is 3.16. The van der Waals surface area contributed by atoms with Crippen LogP contribution in [0, 0.1) is 5.92 Å². The van der Waals surface area contributed by atoms with Crippen LogP contribution < -0.4 is 5.73 Å². The summed E-state index contributed by atoms with van der Waals surface area (Å²) in [7, 11) is -1.32. The van der Waals surface area contributed by atoms with Crippen molar-refractivity contribution in [1.82, 2.24) is 0 Å². The van der Waals surface area contributed by atoms with Gasteiger partial charge in [-0.2, -0.15) is 0 Å². The van der Waals surface area contributed by atoms with Crippen LogP contribution in [0.5, 0.6) is 0 Å². The van der Waals surface area contributed by atoms with Crippen molar-refractivity contribution in [2.75, 3.05) is 0 Å². The average molecular weight is 317 g/mol. The molecule has 0 radical (unpaired) electrons. The van der Waals surface area contributed by atoms with Crippen LogP contribution in [0.1, 0.15) is 54.7 Å². The van der Waals surface area contributed by atoms with Crippen LogP contribution in [-0.4, -0.2) is 28.2 Å². The highest BCUT2D eigenvalue weighted by Gasteiger charge is 2.40. The molecule has 5 N–H and O–H groups in total. The van der Waals surface area contributed by atoms with Crippen molar-refractivity contribution >= 4 is 13.1 Å². The summed E-state index contributed by atoms with van der Waals surface area (Å²) in [5.41, 5.74) is 9.16. The lowest BCUT2D eigenvalue weighted by Gasteiger charge is -2.39. The molecule has 0 heterocycles. The van der Waals surface area contributed by atoms with Gasteiger partial charge in [-0.05, 0) is 61.0 Å². The first-order valence-electron chi connectivity index (χ1n) is 8.42. The Balaban J connectivity index is 1.80. The first-order chi connectivity index (χ1) is 10.9. The summed E-state index contributed by atoms with van der Waals surface area (Å²) < 4.78 is 0. The van der Waals surface area contributed by atoms with Crippen LogP contribution in [0.3, 0.4) is 0 Å². The van der Waals surface area contributed by atoms with Crippen molar-refractivity contribution in [3.63, 3.8) is 0 Å². The number of hydrogen-bond donors (Lipinski definition) is 4. The number of nitrogens with two attached hydrogens (primary N) is 1. The summed E-state index contributed by atoms with van der Waals surface area (Å²) in [4.78, 5) is 11.8. The zero-order chi connectivity index (χ0) is 16.6. The van der Waals surface area contributed by atoms with Crippen molar-refractivity contribution in [1.29, 1.82) is 0 Å². The molecule has 124 valence electrons. The van der Waals surface area contributed by atoms with Crippen molar-refractivity contribution in [3.05, 3.63) is 34.9 Å². The number of carbonyl (C=O) groups is 1. The maximum absolute atomic E-state index is 11.8. The highest BCUT2D eigenvalue weighted by molar-refractivity contribution is 6.40. The molecule has 2 atom stereocenters. The van der Waals surface area contributed by atoms with Crippen molar-refractivity contribution < 1.29 is 19.9 Å². The molecule has 23 heavy (non-hydrogen) atoms. The van der Waals surface area contributed by atoms with Crippen molar-refractivity contribution in [3.8, 4) is 0 Å². The average Bonchev–Trinajstić information content (AvgIpc) is 2.81. The Morgan fingerprint density at radius 3 is 2.65 bits per heavy atom. The van der Waals surface area contributed by atoms with Gasteiger partial charge in [0.2, 0.25) is 0 Å². The molecule has 2 aliphatic rings. The molecule has 0 spiro atoms. The van der Waals surface area contributed by atoms with E-state index in [0.717, 1.165) is 42.4 Å². The molecule has 0 amide bonds. The number of hydrogen-bond acceptors (Lipinski definition) is 4. The van der Waals surface area contributed by atoms with Crippen LogP contribution >= 0.6 is 0 Å². The molecule has 5 nitrogen and oxygen atoms in total. The lowest BCUT2D eigenvalue weighted by molar-refractivity contribution is -0.139. The van der Waals surface area contributed by atoms with E-state index in [1.54, 1.807) is 0 Å². The van der Waals surface area contributed by atoms with E-state index in [1.165, 1.54) is 0 Å². The minimum absolute atomic E-state index is 0.0200. The van der Waals surface area contributed by atoms with Gasteiger partial charge < -0.3 is 20.9 Å². The quantitative estimate of drug-likeness (QED) is 0.597. The van der Waals surface area contributed by atoms with Gasteiger partial charge in [-0.3, -0.25) is 4.79 Å². The normalized spacial score (nSPS) is 24.8. The minimum atomic E-state index is -1.32. The van der Waals surface area contributed by atoms with E-state index < -0.39 is 19.0 Å². The summed E-state index contributed by atoms with van der Waals surface area (Å²) in [6.07, 6.45) is 5.38. The summed E-state index contributed by atoms with van der Waals surface area (Å²) in [5.74, 6) is -1.29. The van der Waals surface area contributed by atoms with E-state index in [1.807, 2.05) is 12.1 Å². The first kappa shape index (κ1) is 16.5. The Kier molecular flexibility index (Phi) is 4.49. The van der Waals surface area contributed by atoms with E-state index in [2.05, 4.69) is 6.07 Å². The molecule has 2 aliphatic carbocycles. The van der Waals surface area contributed by atoms with Gasteiger partial charge in [0, 0.05) is 5.54 Å². The third-order valence-electron chi connectivity index (χ3n) is 5.56. The van der Waals surface area contributed by atoms with Crippen LogP contribution in [0.15, 0.2) is 18.2 Å². The maximum Gasteiger partial charge on any atom is 0.451 e. The fraction of sp³-hybridized carbons (Fsp3) is 0.588. The number of carboxylic acids is 1. The monoisotopic (exact) mass is 317 g/mol. The Labute approximate surface area is 136 Å². The summed E-state index contributed by atoms with van der Waals surface area (Å²) in [5, 5.41) is 27.6. The van der Waals surface area contributed by atoms with E-state index in [-0.39, 0.29) is 17.8 Å².